The van der Waals surface area contributed by atoms with E-state index in [1.807, 2.05) is 35.7 Å². The van der Waals surface area contributed by atoms with Crippen molar-refractivity contribution < 1.29 is 23.8 Å². The molecule has 1 aromatic carbocycles. The third-order valence-corrected chi connectivity index (χ3v) is 7.34. The number of rotatable bonds is 10. The van der Waals surface area contributed by atoms with Crippen LogP contribution in [0.25, 0.3) is 0 Å². The van der Waals surface area contributed by atoms with E-state index in [1.54, 1.807) is 37.6 Å². The zero-order valence-corrected chi connectivity index (χ0v) is 20.7. The molecule has 9 heteroatoms. The Hall–Kier alpha value is -2.91. The van der Waals surface area contributed by atoms with Gasteiger partial charge in [-0.1, -0.05) is 18.6 Å². The van der Waals surface area contributed by atoms with Crippen LogP contribution in [0.3, 0.4) is 0 Å². The van der Waals surface area contributed by atoms with Crippen LogP contribution in [0, 0.1) is 5.92 Å². The first kappa shape index (κ1) is 24.2. The Morgan fingerprint density at radius 3 is 2.56 bits per heavy atom. The number of benzene rings is 1. The van der Waals surface area contributed by atoms with Crippen LogP contribution in [0.1, 0.15) is 42.2 Å². The van der Waals surface area contributed by atoms with Gasteiger partial charge in [-0.15, -0.1) is 11.3 Å². The highest BCUT2D eigenvalue weighted by atomic mass is 32.1. The number of amides is 2. The van der Waals surface area contributed by atoms with Crippen molar-refractivity contribution in [1.82, 2.24) is 9.91 Å². The molecule has 182 valence electrons. The molecule has 1 aromatic heterocycles. The maximum atomic E-state index is 13.6. The number of methoxy groups -OCH3 is 3. The number of thiophene rings is 1. The molecule has 1 saturated carbocycles. The fourth-order valence-electron chi connectivity index (χ4n) is 4.27. The summed E-state index contributed by atoms with van der Waals surface area (Å²) < 4.78 is 16.1. The Morgan fingerprint density at radius 1 is 1.15 bits per heavy atom. The monoisotopic (exact) mass is 485 g/mol. The molecule has 1 aliphatic heterocycles. The third kappa shape index (κ3) is 5.10. The van der Waals surface area contributed by atoms with Gasteiger partial charge in [0.25, 0.3) is 5.91 Å². The Morgan fingerprint density at radius 2 is 1.94 bits per heavy atom. The minimum absolute atomic E-state index is 0.00932. The van der Waals surface area contributed by atoms with Crippen LogP contribution >= 0.6 is 11.3 Å². The first-order chi connectivity index (χ1) is 16.5. The second kappa shape index (κ2) is 11.0. The van der Waals surface area contributed by atoms with Gasteiger partial charge in [-0.3, -0.25) is 9.59 Å². The topological polar surface area (TPSA) is 80.7 Å². The Balaban J connectivity index is 1.60. The average Bonchev–Trinajstić information content (AvgIpc) is 3.50. The van der Waals surface area contributed by atoms with Crippen molar-refractivity contribution >= 4 is 28.9 Å². The predicted octanol–water partition coefficient (Wildman–Crippen LogP) is 3.72. The molecule has 0 saturated heterocycles. The fourth-order valence-corrected chi connectivity index (χ4v) is 4.99. The van der Waals surface area contributed by atoms with Gasteiger partial charge in [-0.05, 0) is 42.0 Å². The van der Waals surface area contributed by atoms with Crippen molar-refractivity contribution in [2.75, 3.05) is 41.0 Å². The van der Waals surface area contributed by atoms with Crippen molar-refractivity contribution in [3.8, 4) is 11.5 Å². The highest BCUT2D eigenvalue weighted by Crippen LogP contribution is 2.38. The number of hydrogen-bond donors (Lipinski definition) is 0. The lowest BCUT2D eigenvalue weighted by Gasteiger charge is -2.32. The van der Waals surface area contributed by atoms with Gasteiger partial charge in [0.05, 0.1) is 37.5 Å². The zero-order valence-electron chi connectivity index (χ0n) is 19.9. The molecule has 4 rings (SSSR count). The summed E-state index contributed by atoms with van der Waals surface area (Å²) in [5.41, 5.74) is 1.76. The van der Waals surface area contributed by atoms with Gasteiger partial charge in [0, 0.05) is 26.0 Å². The van der Waals surface area contributed by atoms with E-state index in [4.69, 9.17) is 19.3 Å². The smallest absolute Gasteiger partial charge is 0.262 e. The normalized spacial score (nSPS) is 17.8. The minimum atomic E-state index is -0.299. The van der Waals surface area contributed by atoms with Crippen molar-refractivity contribution in [3.05, 3.63) is 46.2 Å². The van der Waals surface area contributed by atoms with Crippen LogP contribution in [-0.4, -0.2) is 68.5 Å². The second-order valence-corrected chi connectivity index (χ2v) is 9.42. The number of carbonyl (C=O) groups excluding carboxylic acids is 2. The molecule has 8 nitrogen and oxygen atoms in total. The van der Waals surface area contributed by atoms with Gasteiger partial charge in [-0.2, -0.15) is 5.10 Å². The molecule has 2 heterocycles. The maximum Gasteiger partial charge on any atom is 0.262 e. The number of nitrogens with zero attached hydrogens (tertiary/aromatic N) is 3. The number of ether oxygens (including phenoxy) is 3. The summed E-state index contributed by atoms with van der Waals surface area (Å²) in [5, 5.41) is 8.26. The standard InChI is InChI=1S/C25H31N3O5S/c1-31-12-11-27(25(30)17-6-4-7-17)16-24(29)28-20(15-19(26-28)23-8-5-13-34-23)18-9-10-21(32-2)22(14-18)33-3/h5,8-10,13-14,17,20H,4,6-7,11-12,15-16H2,1-3H3/t20-/m1/s1. The minimum Gasteiger partial charge on any atom is -0.493 e. The van der Waals surface area contributed by atoms with E-state index in [2.05, 4.69) is 0 Å². The molecule has 2 aliphatic rings. The van der Waals surface area contributed by atoms with Gasteiger partial charge < -0.3 is 19.1 Å². The molecular formula is C25H31N3O5S. The third-order valence-electron chi connectivity index (χ3n) is 6.42. The van der Waals surface area contributed by atoms with E-state index in [1.165, 1.54) is 5.01 Å². The molecule has 2 aromatic rings. The predicted molar refractivity (Wildman–Crippen MR) is 130 cm³/mol. The Labute approximate surface area is 204 Å². The van der Waals surface area contributed by atoms with Gasteiger partial charge in [-0.25, -0.2) is 5.01 Å². The summed E-state index contributed by atoms with van der Waals surface area (Å²) in [5.74, 6) is 1.04. The van der Waals surface area contributed by atoms with Crippen LogP contribution in [0.5, 0.6) is 11.5 Å². The number of hydrogen-bond acceptors (Lipinski definition) is 7. The lowest BCUT2D eigenvalue weighted by molar-refractivity contribution is -0.146. The molecule has 1 fully saturated rings. The summed E-state index contributed by atoms with van der Waals surface area (Å²) in [6.45, 7) is 0.742. The first-order valence-electron chi connectivity index (χ1n) is 11.5. The zero-order chi connectivity index (χ0) is 24.1. The van der Waals surface area contributed by atoms with Gasteiger partial charge in [0.2, 0.25) is 5.91 Å². The summed E-state index contributed by atoms with van der Waals surface area (Å²) in [6.07, 6.45) is 3.41. The van der Waals surface area contributed by atoms with E-state index in [9.17, 15) is 9.59 Å². The lowest BCUT2D eigenvalue weighted by Crippen LogP contribution is -2.46. The fraction of sp³-hybridized carbons (Fsp3) is 0.480. The highest BCUT2D eigenvalue weighted by molar-refractivity contribution is 7.12. The number of hydrazone groups is 1. The van der Waals surface area contributed by atoms with Crippen LogP contribution in [0.15, 0.2) is 40.8 Å². The summed E-state index contributed by atoms with van der Waals surface area (Å²) in [7, 11) is 4.78. The largest absolute Gasteiger partial charge is 0.493 e. The van der Waals surface area contributed by atoms with Gasteiger partial charge in [0.1, 0.15) is 6.54 Å². The highest BCUT2D eigenvalue weighted by Gasteiger charge is 2.36. The number of carbonyl (C=O) groups is 2. The molecule has 0 spiro atoms. The van der Waals surface area contributed by atoms with Crippen LogP contribution in [0.2, 0.25) is 0 Å². The van der Waals surface area contributed by atoms with Crippen molar-refractivity contribution in [2.45, 2.75) is 31.7 Å². The van der Waals surface area contributed by atoms with Crippen LogP contribution in [0.4, 0.5) is 0 Å². The second-order valence-electron chi connectivity index (χ2n) is 8.48. The van der Waals surface area contributed by atoms with Gasteiger partial charge >= 0.3 is 0 Å². The maximum absolute atomic E-state index is 13.6. The summed E-state index contributed by atoms with van der Waals surface area (Å²) in [4.78, 5) is 29.2. The molecular weight excluding hydrogens is 454 g/mol. The first-order valence-corrected chi connectivity index (χ1v) is 12.4. The summed E-state index contributed by atoms with van der Waals surface area (Å²) in [6, 6.07) is 9.34. The van der Waals surface area contributed by atoms with E-state index < -0.39 is 0 Å². The van der Waals surface area contributed by atoms with Crippen molar-refractivity contribution in [1.29, 1.82) is 0 Å². The van der Waals surface area contributed by atoms with E-state index in [-0.39, 0.29) is 30.3 Å². The molecule has 2 amide bonds. The van der Waals surface area contributed by atoms with E-state index in [0.717, 1.165) is 35.4 Å². The summed E-state index contributed by atoms with van der Waals surface area (Å²) >= 11 is 1.59. The van der Waals surface area contributed by atoms with Crippen molar-refractivity contribution in [3.63, 3.8) is 0 Å². The molecule has 0 N–H and O–H groups in total. The average molecular weight is 486 g/mol. The SMILES string of the molecule is COCCN(CC(=O)N1N=C(c2cccs2)C[C@@H]1c1ccc(OC)c(OC)c1)C(=O)C1CCC1. The van der Waals surface area contributed by atoms with Gasteiger partial charge in [0.15, 0.2) is 11.5 Å². The van der Waals surface area contributed by atoms with E-state index in [0.29, 0.717) is 31.1 Å². The lowest BCUT2D eigenvalue weighted by atomic mass is 9.84. The molecule has 1 aliphatic carbocycles. The molecule has 0 unspecified atom stereocenters. The Kier molecular flexibility index (Phi) is 7.84. The van der Waals surface area contributed by atoms with E-state index >= 15 is 0 Å². The molecule has 0 radical (unpaired) electrons. The molecule has 0 bridgehead atoms. The van der Waals surface area contributed by atoms with Crippen LogP contribution < -0.4 is 9.47 Å². The molecule has 34 heavy (non-hydrogen) atoms. The molecule has 1 atom stereocenters. The van der Waals surface area contributed by atoms with Crippen LogP contribution in [-0.2, 0) is 14.3 Å². The Bertz CT molecular complexity index is 1040. The van der Waals surface area contributed by atoms with Crippen molar-refractivity contribution in [2.24, 2.45) is 11.0 Å². The quantitative estimate of drug-likeness (QED) is 0.512.